The maximum atomic E-state index is 13.6. The lowest BCUT2D eigenvalue weighted by Crippen LogP contribution is -2.61. The van der Waals surface area contributed by atoms with Crippen molar-refractivity contribution < 1.29 is 14.7 Å². The Morgan fingerprint density at radius 3 is 2.49 bits per heavy atom. The summed E-state index contributed by atoms with van der Waals surface area (Å²) in [7, 11) is 0. The first-order valence-corrected chi connectivity index (χ1v) is 13.7. The second-order valence-electron chi connectivity index (χ2n) is 12.2. The third kappa shape index (κ3) is 4.21. The van der Waals surface area contributed by atoms with E-state index >= 15 is 0 Å². The van der Waals surface area contributed by atoms with E-state index in [9.17, 15) is 14.7 Å². The second-order valence-corrected chi connectivity index (χ2v) is 12.2. The molecule has 0 radical (unpaired) electrons. The zero-order chi connectivity index (χ0) is 24.3. The first kappa shape index (κ1) is 23.2. The van der Waals surface area contributed by atoms with Gasteiger partial charge in [0.1, 0.15) is 6.54 Å². The number of aromatic nitrogens is 2. The number of nitrogens with one attached hydrogen (secondary N) is 1. The molecule has 190 valence electrons. The first-order chi connectivity index (χ1) is 16.8. The Hall–Kier alpha value is -2.22. The first-order valence-electron chi connectivity index (χ1n) is 13.7. The maximum Gasteiger partial charge on any atom is 0.254 e. The lowest BCUT2D eigenvalue weighted by molar-refractivity contribution is -0.137. The van der Waals surface area contributed by atoms with E-state index < -0.39 is 5.60 Å². The van der Waals surface area contributed by atoms with Gasteiger partial charge < -0.3 is 20.2 Å². The van der Waals surface area contributed by atoms with Crippen LogP contribution >= 0.6 is 0 Å². The van der Waals surface area contributed by atoms with Gasteiger partial charge in [0.05, 0.1) is 16.9 Å². The van der Waals surface area contributed by atoms with Gasteiger partial charge in [-0.05, 0) is 76.5 Å². The molecule has 35 heavy (non-hydrogen) atoms. The summed E-state index contributed by atoms with van der Waals surface area (Å²) in [6.07, 6.45) is 10.9. The highest BCUT2D eigenvalue weighted by molar-refractivity contribution is 5.95. The van der Waals surface area contributed by atoms with Gasteiger partial charge in [0, 0.05) is 37.3 Å². The Labute approximate surface area is 207 Å². The smallest absolute Gasteiger partial charge is 0.254 e. The van der Waals surface area contributed by atoms with E-state index in [1.54, 1.807) is 6.20 Å². The van der Waals surface area contributed by atoms with Crippen molar-refractivity contribution in [2.24, 2.45) is 17.8 Å². The molecule has 1 saturated heterocycles. The standard InChI is InChI=1S/C27H39N5O3/c1-16(2)32-8-7-31(15-22(32)33)26-28-14-21(24(30-26)18-5-3-4-6-18)25(34)29-23-19-9-17-10-20(23)13-27(35,11-17)12-19/h14,16-20,23,35H,3-13,15H2,1-2H3,(H,29,34)/t17?,19?,20?,23-,27+. The zero-order valence-electron chi connectivity index (χ0n) is 21.1. The number of aliphatic hydroxyl groups is 1. The fraction of sp³-hybridized carbons (Fsp3) is 0.778. The van der Waals surface area contributed by atoms with Crippen LogP contribution in [0.25, 0.3) is 0 Å². The van der Waals surface area contributed by atoms with E-state index in [0.717, 1.165) is 63.5 Å². The van der Waals surface area contributed by atoms with Crippen LogP contribution in [0.5, 0.6) is 0 Å². The van der Waals surface area contributed by atoms with Crippen LogP contribution in [0.2, 0.25) is 0 Å². The van der Waals surface area contributed by atoms with Gasteiger partial charge in [-0.1, -0.05) is 12.8 Å². The molecule has 1 aliphatic heterocycles. The van der Waals surface area contributed by atoms with Crippen LogP contribution in [-0.2, 0) is 4.79 Å². The SMILES string of the molecule is CC(C)N1CCN(c2ncc(C(=O)N[C@H]3C4CC5CC3C[C@@](O)(C5)C4)c(C3CCCC3)n2)CC1=O. The van der Waals surface area contributed by atoms with E-state index in [4.69, 9.17) is 4.98 Å². The van der Waals surface area contributed by atoms with Crippen LogP contribution in [-0.4, -0.2) is 69.1 Å². The molecule has 1 aromatic rings. The van der Waals surface area contributed by atoms with E-state index in [-0.39, 0.29) is 36.4 Å². The molecule has 6 fully saturated rings. The highest BCUT2D eigenvalue weighted by Crippen LogP contribution is 2.55. The van der Waals surface area contributed by atoms with Crippen molar-refractivity contribution in [1.29, 1.82) is 0 Å². The van der Waals surface area contributed by atoms with Crippen LogP contribution in [0.3, 0.4) is 0 Å². The molecule has 5 saturated carbocycles. The number of anilines is 1. The molecule has 5 aliphatic carbocycles. The molecule has 2 N–H and O–H groups in total. The predicted molar refractivity (Wildman–Crippen MR) is 132 cm³/mol. The molecule has 2 unspecified atom stereocenters. The minimum Gasteiger partial charge on any atom is -0.390 e. The van der Waals surface area contributed by atoms with Crippen LogP contribution in [0.4, 0.5) is 5.95 Å². The minimum atomic E-state index is -0.505. The topological polar surface area (TPSA) is 98.7 Å². The largest absolute Gasteiger partial charge is 0.390 e. The zero-order valence-corrected chi connectivity index (χ0v) is 21.1. The quantitative estimate of drug-likeness (QED) is 0.671. The average molecular weight is 482 g/mol. The maximum absolute atomic E-state index is 13.6. The third-order valence-corrected chi connectivity index (χ3v) is 9.49. The Balaban J connectivity index is 1.23. The summed E-state index contributed by atoms with van der Waals surface area (Å²) in [5.74, 6) is 2.22. The monoisotopic (exact) mass is 481 g/mol. The molecule has 8 nitrogen and oxygen atoms in total. The van der Waals surface area contributed by atoms with Crippen molar-refractivity contribution in [3.8, 4) is 0 Å². The molecule has 6 aliphatic rings. The van der Waals surface area contributed by atoms with E-state index in [0.29, 0.717) is 42.4 Å². The van der Waals surface area contributed by atoms with E-state index in [1.807, 2.05) is 23.6 Å². The van der Waals surface area contributed by atoms with Gasteiger partial charge in [-0.3, -0.25) is 9.59 Å². The summed E-state index contributed by atoms with van der Waals surface area (Å²) in [5, 5.41) is 14.3. The summed E-state index contributed by atoms with van der Waals surface area (Å²) in [6, 6.07) is 0.328. The molecule has 7 rings (SSSR count). The number of hydrogen-bond donors (Lipinski definition) is 2. The summed E-state index contributed by atoms with van der Waals surface area (Å²) >= 11 is 0. The number of piperazine rings is 1. The highest BCUT2D eigenvalue weighted by Gasteiger charge is 2.55. The second kappa shape index (κ2) is 8.71. The molecule has 0 spiro atoms. The lowest BCUT2D eigenvalue weighted by atomic mass is 9.52. The Bertz CT molecular complexity index is 991. The predicted octanol–water partition coefficient (Wildman–Crippen LogP) is 2.86. The van der Waals surface area contributed by atoms with Crippen LogP contribution in [0.15, 0.2) is 6.20 Å². The Kier molecular flexibility index (Phi) is 5.78. The molecular weight excluding hydrogens is 442 g/mol. The van der Waals surface area contributed by atoms with E-state index in [2.05, 4.69) is 10.3 Å². The average Bonchev–Trinajstić information content (AvgIpc) is 3.34. The van der Waals surface area contributed by atoms with E-state index in [1.165, 1.54) is 0 Å². The van der Waals surface area contributed by atoms with Gasteiger partial charge >= 0.3 is 0 Å². The fourth-order valence-corrected chi connectivity index (χ4v) is 8.07. The van der Waals surface area contributed by atoms with Crippen molar-refractivity contribution >= 4 is 17.8 Å². The van der Waals surface area contributed by atoms with Crippen LogP contribution in [0, 0.1) is 17.8 Å². The minimum absolute atomic E-state index is 0.0661. The number of carbonyl (C=O) groups excluding carboxylic acids is 2. The van der Waals surface area contributed by atoms with Gasteiger partial charge in [0.25, 0.3) is 5.91 Å². The molecule has 2 atom stereocenters. The number of carbonyl (C=O) groups is 2. The lowest BCUT2D eigenvalue weighted by Gasteiger charge is -2.58. The molecular formula is C27H39N5O3. The number of hydrogen-bond acceptors (Lipinski definition) is 6. The molecule has 1 aromatic heterocycles. The summed E-state index contributed by atoms with van der Waals surface area (Å²) in [4.78, 5) is 39.7. The van der Waals surface area contributed by atoms with Gasteiger partial charge in [0.15, 0.2) is 0 Å². The van der Waals surface area contributed by atoms with Gasteiger partial charge in [0.2, 0.25) is 11.9 Å². The normalized spacial score (nSPS) is 34.8. The number of rotatable bonds is 5. The molecule has 2 amide bonds. The van der Waals surface area contributed by atoms with Crippen LogP contribution in [0.1, 0.15) is 93.6 Å². The van der Waals surface area contributed by atoms with Gasteiger partial charge in [-0.2, -0.15) is 0 Å². The van der Waals surface area contributed by atoms with Crippen molar-refractivity contribution in [3.63, 3.8) is 0 Å². The van der Waals surface area contributed by atoms with Crippen molar-refractivity contribution in [1.82, 2.24) is 20.2 Å². The van der Waals surface area contributed by atoms with Crippen molar-refractivity contribution in [2.75, 3.05) is 24.5 Å². The van der Waals surface area contributed by atoms with Crippen LogP contribution < -0.4 is 10.2 Å². The number of amides is 2. The summed E-state index contributed by atoms with van der Waals surface area (Å²) < 4.78 is 0. The summed E-state index contributed by atoms with van der Waals surface area (Å²) in [5.41, 5.74) is 0.945. The number of nitrogens with zero attached hydrogens (tertiary/aromatic N) is 4. The summed E-state index contributed by atoms with van der Waals surface area (Å²) in [6.45, 7) is 5.73. The highest BCUT2D eigenvalue weighted by atomic mass is 16.3. The molecule has 8 heteroatoms. The fourth-order valence-electron chi connectivity index (χ4n) is 8.07. The van der Waals surface area contributed by atoms with Gasteiger partial charge in [-0.15, -0.1) is 0 Å². The molecule has 0 aromatic carbocycles. The Morgan fingerprint density at radius 2 is 1.86 bits per heavy atom. The van der Waals surface area contributed by atoms with Gasteiger partial charge in [-0.25, -0.2) is 9.97 Å². The molecule has 4 bridgehead atoms. The van der Waals surface area contributed by atoms with Crippen molar-refractivity contribution in [2.45, 2.75) is 95.2 Å². The molecule has 2 heterocycles. The Morgan fingerprint density at radius 1 is 1.14 bits per heavy atom. The third-order valence-electron chi connectivity index (χ3n) is 9.49. The van der Waals surface area contributed by atoms with Crippen molar-refractivity contribution in [3.05, 3.63) is 17.5 Å².